The summed E-state index contributed by atoms with van der Waals surface area (Å²) in [6, 6.07) is 9.68. The van der Waals surface area contributed by atoms with Gasteiger partial charge in [0, 0.05) is 24.0 Å². The van der Waals surface area contributed by atoms with Crippen molar-refractivity contribution in [3.05, 3.63) is 54.5 Å². The van der Waals surface area contributed by atoms with E-state index in [4.69, 9.17) is 5.11 Å². The number of benzene rings is 1. The van der Waals surface area contributed by atoms with E-state index in [2.05, 4.69) is 15.0 Å². The fourth-order valence-electron chi connectivity index (χ4n) is 1.86. The van der Waals surface area contributed by atoms with E-state index in [1.165, 1.54) is 12.4 Å². The van der Waals surface area contributed by atoms with Crippen LogP contribution in [0.4, 0.5) is 0 Å². The standard InChI is InChI=1S/C14H9N3O2/c18-14(19)10-7-16-13(17-8-10)12-11-4-2-1-3-9(11)5-6-15-12/h1-8H,(H,18,19). The van der Waals surface area contributed by atoms with Gasteiger partial charge < -0.3 is 5.11 Å². The molecule has 1 aromatic carbocycles. The fourth-order valence-corrected chi connectivity index (χ4v) is 1.86. The molecular weight excluding hydrogens is 242 g/mol. The van der Waals surface area contributed by atoms with Gasteiger partial charge in [0.2, 0.25) is 0 Å². The molecule has 92 valence electrons. The maximum Gasteiger partial charge on any atom is 0.338 e. The molecule has 19 heavy (non-hydrogen) atoms. The van der Waals surface area contributed by atoms with E-state index >= 15 is 0 Å². The molecule has 3 rings (SSSR count). The Morgan fingerprint density at radius 3 is 2.47 bits per heavy atom. The lowest BCUT2D eigenvalue weighted by Crippen LogP contribution is -2.00. The normalized spacial score (nSPS) is 10.5. The van der Waals surface area contributed by atoms with E-state index < -0.39 is 5.97 Å². The number of carbonyl (C=O) groups is 1. The first-order chi connectivity index (χ1) is 9.25. The lowest BCUT2D eigenvalue weighted by molar-refractivity contribution is 0.0696. The molecule has 0 aliphatic carbocycles. The third-order valence-electron chi connectivity index (χ3n) is 2.78. The lowest BCUT2D eigenvalue weighted by Gasteiger charge is -2.04. The van der Waals surface area contributed by atoms with E-state index in [1.54, 1.807) is 6.20 Å². The topological polar surface area (TPSA) is 76.0 Å². The highest BCUT2D eigenvalue weighted by Crippen LogP contribution is 2.23. The first-order valence-electron chi connectivity index (χ1n) is 5.65. The number of carboxylic acid groups (broad SMARTS) is 1. The summed E-state index contributed by atoms with van der Waals surface area (Å²) in [4.78, 5) is 23.2. The van der Waals surface area contributed by atoms with Gasteiger partial charge >= 0.3 is 5.97 Å². The Hall–Kier alpha value is -2.82. The maximum atomic E-state index is 10.8. The number of fused-ring (bicyclic) bond motifs is 1. The molecule has 3 aromatic rings. The molecule has 1 N–H and O–H groups in total. The summed E-state index contributed by atoms with van der Waals surface area (Å²) in [6.45, 7) is 0. The van der Waals surface area contributed by atoms with Crippen molar-refractivity contribution in [3.63, 3.8) is 0 Å². The molecule has 5 heteroatoms. The van der Waals surface area contributed by atoms with Gasteiger partial charge in [-0.05, 0) is 11.5 Å². The molecule has 0 aliphatic heterocycles. The third-order valence-corrected chi connectivity index (χ3v) is 2.78. The number of carboxylic acids is 1. The number of pyridine rings is 1. The first kappa shape index (κ1) is 11.3. The summed E-state index contributed by atoms with van der Waals surface area (Å²) in [5, 5.41) is 10.8. The molecule has 0 unspecified atom stereocenters. The van der Waals surface area contributed by atoms with E-state index in [9.17, 15) is 4.79 Å². The smallest absolute Gasteiger partial charge is 0.338 e. The second-order valence-electron chi connectivity index (χ2n) is 3.98. The molecule has 0 amide bonds. The molecule has 0 aliphatic rings. The van der Waals surface area contributed by atoms with Crippen molar-refractivity contribution in [2.75, 3.05) is 0 Å². The number of aromatic nitrogens is 3. The monoisotopic (exact) mass is 251 g/mol. The summed E-state index contributed by atoms with van der Waals surface area (Å²) in [5.74, 6) is -0.626. The summed E-state index contributed by atoms with van der Waals surface area (Å²) in [7, 11) is 0. The molecule has 0 radical (unpaired) electrons. The highest BCUT2D eigenvalue weighted by molar-refractivity contribution is 5.93. The van der Waals surface area contributed by atoms with Crippen molar-refractivity contribution < 1.29 is 9.90 Å². The maximum absolute atomic E-state index is 10.8. The van der Waals surface area contributed by atoms with Crippen LogP contribution < -0.4 is 0 Å². The van der Waals surface area contributed by atoms with Gasteiger partial charge in [-0.15, -0.1) is 0 Å². The predicted molar refractivity (Wildman–Crippen MR) is 69.7 cm³/mol. The van der Waals surface area contributed by atoms with Crippen molar-refractivity contribution in [3.8, 4) is 11.5 Å². The van der Waals surface area contributed by atoms with E-state index in [0.717, 1.165) is 10.8 Å². The van der Waals surface area contributed by atoms with Crippen LogP contribution in [-0.2, 0) is 0 Å². The average Bonchev–Trinajstić information content (AvgIpc) is 2.47. The van der Waals surface area contributed by atoms with Crippen LogP contribution in [0.25, 0.3) is 22.3 Å². The van der Waals surface area contributed by atoms with Crippen molar-refractivity contribution >= 4 is 16.7 Å². The Balaban J connectivity index is 2.16. The van der Waals surface area contributed by atoms with Gasteiger partial charge in [0.1, 0.15) is 5.69 Å². The van der Waals surface area contributed by atoms with Crippen LogP contribution in [0.2, 0.25) is 0 Å². The van der Waals surface area contributed by atoms with Gasteiger partial charge in [-0.1, -0.05) is 24.3 Å². The first-order valence-corrected chi connectivity index (χ1v) is 5.65. The Kier molecular flexibility index (Phi) is 2.64. The minimum absolute atomic E-state index is 0.0592. The van der Waals surface area contributed by atoms with Gasteiger partial charge in [0.05, 0.1) is 5.56 Å². The molecule has 5 nitrogen and oxygen atoms in total. The van der Waals surface area contributed by atoms with Crippen LogP contribution in [0.15, 0.2) is 48.9 Å². The van der Waals surface area contributed by atoms with Crippen LogP contribution in [0.5, 0.6) is 0 Å². The molecular formula is C14H9N3O2. The Bertz CT molecular complexity index is 749. The van der Waals surface area contributed by atoms with E-state index in [-0.39, 0.29) is 5.56 Å². The number of rotatable bonds is 2. The molecule has 0 fully saturated rings. The summed E-state index contributed by atoms with van der Waals surface area (Å²) < 4.78 is 0. The molecule has 0 saturated heterocycles. The molecule has 0 saturated carbocycles. The minimum Gasteiger partial charge on any atom is -0.478 e. The van der Waals surface area contributed by atoms with Crippen molar-refractivity contribution in [2.45, 2.75) is 0 Å². The zero-order valence-corrected chi connectivity index (χ0v) is 9.82. The zero-order chi connectivity index (χ0) is 13.2. The number of hydrogen-bond acceptors (Lipinski definition) is 4. The van der Waals surface area contributed by atoms with Crippen LogP contribution in [0.1, 0.15) is 10.4 Å². The Morgan fingerprint density at radius 1 is 1.00 bits per heavy atom. The fraction of sp³-hybridized carbons (Fsp3) is 0. The number of aromatic carboxylic acids is 1. The van der Waals surface area contributed by atoms with Gasteiger partial charge in [-0.2, -0.15) is 0 Å². The zero-order valence-electron chi connectivity index (χ0n) is 9.82. The highest BCUT2D eigenvalue weighted by Gasteiger charge is 2.09. The van der Waals surface area contributed by atoms with Crippen LogP contribution >= 0.6 is 0 Å². The lowest BCUT2D eigenvalue weighted by atomic mass is 10.1. The van der Waals surface area contributed by atoms with Gasteiger partial charge in [-0.25, -0.2) is 14.8 Å². The molecule has 0 spiro atoms. The minimum atomic E-state index is -1.04. The van der Waals surface area contributed by atoms with Crippen LogP contribution in [-0.4, -0.2) is 26.0 Å². The molecule has 0 bridgehead atoms. The number of nitrogens with zero attached hydrogens (tertiary/aromatic N) is 3. The van der Waals surface area contributed by atoms with Crippen LogP contribution in [0.3, 0.4) is 0 Å². The number of hydrogen-bond donors (Lipinski definition) is 1. The average molecular weight is 251 g/mol. The van der Waals surface area contributed by atoms with Crippen molar-refractivity contribution in [1.29, 1.82) is 0 Å². The predicted octanol–water partition coefficient (Wildman–Crippen LogP) is 2.39. The van der Waals surface area contributed by atoms with Gasteiger partial charge in [-0.3, -0.25) is 4.98 Å². The Labute approximate surface area is 108 Å². The van der Waals surface area contributed by atoms with E-state index in [1.807, 2.05) is 30.3 Å². The van der Waals surface area contributed by atoms with Gasteiger partial charge in [0.25, 0.3) is 0 Å². The van der Waals surface area contributed by atoms with Crippen molar-refractivity contribution in [1.82, 2.24) is 15.0 Å². The molecule has 2 heterocycles. The molecule has 2 aromatic heterocycles. The summed E-state index contributed by atoms with van der Waals surface area (Å²) >= 11 is 0. The highest BCUT2D eigenvalue weighted by atomic mass is 16.4. The van der Waals surface area contributed by atoms with Crippen LogP contribution in [0, 0.1) is 0 Å². The quantitative estimate of drug-likeness (QED) is 0.756. The second-order valence-corrected chi connectivity index (χ2v) is 3.98. The van der Waals surface area contributed by atoms with E-state index in [0.29, 0.717) is 11.5 Å². The largest absolute Gasteiger partial charge is 0.478 e. The summed E-state index contributed by atoms with van der Waals surface area (Å²) in [6.07, 6.45) is 4.26. The van der Waals surface area contributed by atoms with Gasteiger partial charge in [0.15, 0.2) is 5.82 Å². The third kappa shape index (κ3) is 2.01. The Morgan fingerprint density at radius 2 is 1.74 bits per heavy atom. The summed E-state index contributed by atoms with van der Waals surface area (Å²) in [5.41, 5.74) is 0.707. The SMILES string of the molecule is O=C(O)c1cnc(-c2nccc3ccccc23)nc1. The second kappa shape index (κ2) is 4.45. The van der Waals surface area contributed by atoms with Crippen molar-refractivity contribution in [2.24, 2.45) is 0 Å². The molecule has 0 atom stereocenters.